The van der Waals surface area contributed by atoms with Gasteiger partial charge in [-0.1, -0.05) is 6.92 Å². The van der Waals surface area contributed by atoms with Crippen LogP contribution >= 0.6 is 0 Å². The molecule has 2 aliphatic rings. The zero-order valence-electron chi connectivity index (χ0n) is 11.3. The largest absolute Gasteiger partial charge is 0.379 e. The molecule has 2 aliphatic carbocycles. The lowest BCUT2D eigenvalue weighted by atomic mass is 10.4. The third-order valence-electron chi connectivity index (χ3n) is 3.62. The van der Waals surface area contributed by atoms with Gasteiger partial charge >= 0.3 is 0 Å². The highest BCUT2D eigenvalue weighted by atomic mass is 16.5. The number of hydrogen-bond donors (Lipinski definition) is 1. The average Bonchev–Trinajstić information content (AvgIpc) is 3.20. The van der Waals surface area contributed by atoms with Crippen molar-refractivity contribution in [3.05, 3.63) is 0 Å². The topological polar surface area (TPSA) is 36.9 Å². The first kappa shape index (κ1) is 12.7. The summed E-state index contributed by atoms with van der Waals surface area (Å²) in [7, 11) is 3.92. The van der Waals surface area contributed by atoms with Gasteiger partial charge in [-0.15, -0.1) is 0 Å². The number of rotatable bonds is 6. The Labute approximate surface area is 104 Å². The number of hydrogen-bond acceptors (Lipinski definition) is 2. The molecule has 0 heterocycles. The fraction of sp³-hybridized carbons (Fsp3) is 0.923. The highest BCUT2D eigenvalue weighted by Gasteiger charge is 2.33. The van der Waals surface area contributed by atoms with Crippen LogP contribution in [0, 0.1) is 11.8 Å². The summed E-state index contributed by atoms with van der Waals surface area (Å²) in [4.78, 5) is 6.46. The number of guanidine groups is 1. The van der Waals surface area contributed by atoms with E-state index in [1.807, 2.05) is 7.05 Å². The first-order valence-corrected chi connectivity index (χ1v) is 6.73. The van der Waals surface area contributed by atoms with E-state index in [0.29, 0.717) is 6.04 Å². The van der Waals surface area contributed by atoms with Crippen molar-refractivity contribution in [2.24, 2.45) is 16.8 Å². The van der Waals surface area contributed by atoms with Crippen molar-refractivity contribution < 1.29 is 4.74 Å². The SMILES string of the molecule is CN=C(NC1CC1C)N(C)CCOCC1CC1. The molecule has 17 heavy (non-hydrogen) atoms. The van der Waals surface area contributed by atoms with Crippen LogP contribution in [0.5, 0.6) is 0 Å². The predicted octanol–water partition coefficient (Wildman–Crippen LogP) is 1.33. The van der Waals surface area contributed by atoms with Gasteiger partial charge in [0.1, 0.15) is 0 Å². The summed E-state index contributed by atoms with van der Waals surface area (Å²) in [6.07, 6.45) is 3.99. The van der Waals surface area contributed by atoms with Gasteiger partial charge < -0.3 is 15.0 Å². The van der Waals surface area contributed by atoms with E-state index in [9.17, 15) is 0 Å². The molecule has 2 unspecified atom stereocenters. The third kappa shape index (κ3) is 4.19. The molecule has 4 nitrogen and oxygen atoms in total. The van der Waals surface area contributed by atoms with E-state index in [-0.39, 0.29) is 0 Å². The third-order valence-corrected chi connectivity index (χ3v) is 3.62. The van der Waals surface area contributed by atoms with Crippen LogP contribution in [0.2, 0.25) is 0 Å². The standard InChI is InChI=1S/C13H25N3O/c1-10-8-12(10)15-13(14-2)16(3)6-7-17-9-11-4-5-11/h10-12H,4-9H2,1-3H3,(H,14,15). The van der Waals surface area contributed by atoms with Crippen molar-refractivity contribution in [3.63, 3.8) is 0 Å². The van der Waals surface area contributed by atoms with Crippen LogP contribution in [-0.4, -0.2) is 50.8 Å². The smallest absolute Gasteiger partial charge is 0.193 e. The summed E-state index contributed by atoms with van der Waals surface area (Å²) in [5.41, 5.74) is 0. The van der Waals surface area contributed by atoms with Gasteiger partial charge in [0, 0.05) is 33.3 Å². The Morgan fingerprint density at radius 2 is 2.18 bits per heavy atom. The molecular weight excluding hydrogens is 214 g/mol. The molecule has 98 valence electrons. The van der Waals surface area contributed by atoms with Crippen molar-refractivity contribution in [1.29, 1.82) is 0 Å². The summed E-state index contributed by atoms with van der Waals surface area (Å²) in [5.74, 6) is 2.64. The number of aliphatic imine (C=N–C) groups is 1. The lowest BCUT2D eigenvalue weighted by molar-refractivity contribution is 0.115. The van der Waals surface area contributed by atoms with Crippen LogP contribution in [0.15, 0.2) is 4.99 Å². The maximum absolute atomic E-state index is 5.64. The maximum Gasteiger partial charge on any atom is 0.193 e. The van der Waals surface area contributed by atoms with Crippen molar-refractivity contribution in [2.75, 3.05) is 33.9 Å². The highest BCUT2D eigenvalue weighted by molar-refractivity contribution is 5.80. The minimum absolute atomic E-state index is 0.628. The van der Waals surface area contributed by atoms with Crippen LogP contribution in [-0.2, 0) is 4.74 Å². The first-order valence-electron chi connectivity index (χ1n) is 6.73. The van der Waals surface area contributed by atoms with Crippen molar-refractivity contribution in [3.8, 4) is 0 Å². The van der Waals surface area contributed by atoms with Crippen LogP contribution in [0.4, 0.5) is 0 Å². The molecule has 0 aromatic rings. The van der Waals surface area contributed by atoms with E-state index < -0.39 is 0 Å². The molecule has 0 spiro atoms. The molecule has 2 saturated carbocycles. The molecule has 2 rings (SSSR count). The Hall–Kier alpha value is -0.770. The zero-order chi connectivity index (χ0) is 12.3. The van der Waals surface area contributed by atoms with Gasteiger partial charge in [0.05, 0.1) is 6.61 Å². The molecule has 1 N–H and O–H groups in total. The van der Waals surface area contributed by atoms with E-state index in [1.54, 1.807) is 0 Å². The molecule has 0 aliphatic heterocycles. The summed E-state index contributed by atoms with van der Waals surface area (Å²) < 4.78 is 5.64. The second kappa shape index (κ2) is 5.71. The summed E-state index contributed by atoms with van der Waals surface area (Å²) in [5, 5.41) is 3.47. The maximum atomic E-state index is 5.64. The molecule has 2 atom stereocenters. The average molecular weight is 239 g/mol. The summed E-state index contributed by atoms with van der Waals surface area (Å²) in [6, 6.07) is 0.628. The van der Waals surface area contributed by atoms with Gasteiger partial charge in [-0.3, -0.25) is 4.99 Å². The normalized spacial score (nSPS) is 28.1. The first-order chi connectivity index (χ1) is 8.20. The molecule has 0 radical (unpaired) electrons. The molecule has 0 aromatic carbocycles. The molecule has 2 fully saturated rings. The van der Waals surface area contributed by atoms with E-state index in [4.69, 9.17) is 4.74 Å². The van der Waals surface area contributed by atoms with Crippen LogP contribution < -0.4 is 5.32 Å². The Balaban J connectivity index is 1.59. The van der Waals surface area contributed by atoms with E-state index >= 15 is 0 Å². The van der Waals surface area contributed by atoms with Crippen LogP contribution in [0.25, 0.3) is 0 Å². The Morgan fingerprint density at radius 3 is 2.71 bits per heavy atom. The zero-order valence-corrected chi connectivity index (χ0v) is 11.3. The molecule has 0 amide bonds. The number of nitrogens with one attached hydrogen (secondary N) is 1. The van der Waals surface area contributed by atoms with Crippen molar-refractivity contribution >= 4 is 5.96 Å². The minimum atomic E-state index is 0.628. The van der Waals surface area contributed by atoms with Gasteiger partial charge in [0.25, 0.3) is 0 Å². The molecular formula is C13H25N3O. The van der Waals surface area contributed by atoms with Gasteiger partial charge in [-0.2, -0.15) is 0 Å². The predicted molar refractivity (Wildman–Crippen MR) is 70.2 cm³/mol. The van der Waals surface area contributed by atoms with Gasteiger partial charge in [0.2, 0.25) is 0 Å². The second-order valence-corrected chi connectivity index (χ2v) is 5.45. The Kier molecular flexibility index (Phi) is 4.26. The molecule has 0 saturated heterocycles. The molecule has 0 aromatic heterocycles. The lowest BCUT2D eigenvalue weighted by Crippen LogP contribution is -2.42. The van der Waals surface area contributed by atoms with Gasteiger partial charge in [0.15, 0.2) is 5.96 Å². The Morgan fingerprint density at radius 1 is 1.47 bits per heavy atom. The summed E-state index contributed by atoms with van der Waals surface area (Å²) in [6.45, 7) is 4.92. The van der Waals surface area contributed by atoms with E-state index in [1.165, 1.54) is 19.3 Å². The van der Waals surface area contributed by atoms with Crippen molar-refractivity contribution in [2.45, 2.75) is 32.2 Å². The number of ether oxygens (including phenoxy) is 1. The fourth-order valence-electron chi connectivity index (χ4n) is 1.88. The highest BCUT2D eigenvalue weighted by Crippen LogP contribution is 2.29. The second-order valence-electron chi connectivity index (χ2n) is 5.45. The minimum Gasteiger partial charge on any atom is -0.379 e. The molecule has 0 bridgehead atoms. The monoisotopic (exact) mass is 239 g/mol. The molecule has 4 heteroatoms. The fourth-order valence-corrected chi connectivity index (χ4v) is 1.88. The Bertz CT molecular complexity index is 276. The van der Waals surface area contributed by atoms with Crippen LogP contribution in [0.1, 0.15) is 26.2 Å². The van der Waals surface area contributed by atoms with Crippen molar-refractivity contribution in [1.82, 2.24) is 10.2 Å². The number of nitrogens with zero attached hydrogens (tertiary/aromatic N) is 2. The van der Waals surface area contributed by atoms with Gasteiger partial charge in [-0.25, -0.2) is 0 Å². The lowest BCUT2D eigenvalue weighted by Gasteiger charge is -2.22. The van der Waals surface area contributed by atoms with Crippen LogP contribution in [0.3, 0.4) is 0 Å². The van der Waals surface area contributed by atoms with E-state index in [2.05, 4.69) is 29.2 Å². The van der Waals surface area contributed by atoms with E-state index in [0.717, 1.165) is 37.6 Å². The summed E-state index contributed by atoms with van der Waals surface area (Å²) >= 11 is 0. The number of likely N-dealkylation sites (N-methyl/N-ethyl adjacent to an activating group) is 1. The van der Waals surface area contributed by atoms with Gasteiger partial charge in [-0.05, 0) is 31.1 Å². The quantitative estimate of drug-likeness (QED) is 0.431.